The summed E-state index contributed by atoms with van der Waals surface area (Å²) in [4.78, 5) is 17.2. The second-order valence-corrected chi connectivity index (χ2v) is 5.07. The maximum atomic E-state index is 10.6. The van der Waals surface area contributed by atoms with Crippen LogP contribution in [0.4, 0.5) is 0 Å². The number of aromatic nitrogens is 1. The Hall–Kier alpha value is -0.780. The minimum absolute atomic E-state index is 0.0230. The second kappa shape index (κ2) is 5.03. The summed E-state index contributed by atoms with van der Waals surface area (Å²) in [6.07, 6.45) is 0.804. The largest absolute Gasteiger partial charge is 0.368 e. The molecule has 0 amide bonds. The van der Waals surface area contributed by atoms with Gasteiger partial charge in [0.15, 0.2) is 6.29 Å². The van der Waals surface area contributed by atoms with Gasteiger partial charge in [0.25, 0.3) is 0 Å². The summed E-state index contributed by atoms with van der Waals surface area (Å²) in [7, 11) is 0. The Morgan fingerprint density at radius 2 is 2.50 bits per heavy atom. The number of thiazole rings is 1. The van der Waals surface area contributed by atoms with Crippen LogP contribution in [0.25, 0.3) is 0 Å². The zero-order valence-electron chi connectivity index (χ0n) is 9.55. The molecule has 1 aliphatic heterocycles. The van der Waals surface area contributed by atoms with Gasteiger partial charge in [-0.05, 0) is 13.8 Å². The molecule has 0 aromatic carbocycles. The number of aldehydes is 1. The highest BCUT2D eigenvalue weighted by molar-refractivity contribution is 7.09. The van der Waals surface area contributed by atoms with E-state index >= 15 is 0 Å². The molecule has 1 aromatic rings. The van der Waals surface area contributed by atoms with Crippen molar-refractivity contribution < 1.29 is 9.53 Å². The van der Waals surface area contributed by atoms with Gasteiger partial charge in [-0.3, -0.25) is 9.69 Å². The third-order valence-corrected chi connectivity index (χ3v) is 3.72. The molecule has 88 valence electrons. The number of morpholine rings is 1. The third kappa shape index (κ3) is 2.48. The van der Waals surface area contributed by atoms with E-state index in [1.807, 2.05) is 0 Å². The summed E-state index contributed by atoms with van der Waals surface area (Å²) in [6.45, 7) is 6.94. The van der Waals surface area contributed by atoms with Gasteiger partial charge in [0.05, 0.1) is 6.61 Å². The highest BCUT2D eigenvalue weighted by atomic mass is 32.1. The van der Waals surface area contributed by atoms with E-state index in [9.17, 15) is 4.79 Å². The maximum Gasteiger partial charge on any atom is 0.169 e. The Bertz CT molecular complexity index is 365. The Morgan fingerprint density at radius 1 is 1.69 bits per heavy atom. The average Bonchev–Trinajstić information content (AvgIpc) is 2.77. The molecule has 1 fully saturated rings. The molecule has 1 atom stereocenters. The Balaban J connectivity index is 2.06. The van der Waals surface area contributed by atoms with Crippen molar-refractivity contribution >= 4 is 17.6 Å². The van der Waals surface area contributed by atoms with Crippen LogP contribution in [0.1, 0.15) is 35.4 Å². The van der Waals surface area contributed by atoms with Crippen LogP contribution in [0.2, 0.25) is 0 Å². The van der Waals surface area contributed by atoms with E-state index in [-0.39, 0.29) is 6.10 Å². The minimum Gasteiger partial charge on any atom is -0.368 e. The fourth-order valence-electron chi connectivity index (χ4n) is 1.79. The molecule has 0 bridgehead atoms. The van der Waals surface area contributed by atoms with Crippen molar-refractivity contribution in [1.29, 1.82) is 0 Å². The Morgan fingerprint density at radius 3 is 3.12 bits per heavy atom. The van der Waals surface area contributed by atoms with Crippen LogP contribution in [-0.4, -0.2) is 41.9 Å². The number of rotatable bonds is 3. The summed E-state index contributed by atoms with van der Waals surface area (Å²) in [5, 5.41) is 2.69. The Labute approximate surface area is 99.2 Å². The van der Waals surface area contributed by atoms with E-state index in [0.717, 1.165) is 31.0 Å². The van der Waals surface area contributed by atoms with Crippen LogP contribution in [0.3, 0.4) is 0 Å². The summed E-state index contributed by atoms with van der Waals surface area (Å²) in [5.74, 6) is 0. The van der Waals surface area contributed by atoms with Crippen molar-refractivity contribution in [3.8, 4) is 0 Å². The van der Waals surface area contributed by atoms with Gasteiger partial charge in [-0.15, -0.1) is 11.3 Å². The second-order valence-electron chi connectivity index (χ2n) is 4.18. The topological polar surface area (TPSA) is 42.4 Å². The first kappa shape index (κ1) is 11.7. The molecule has 1 aromatic heterocycles. The van der Waals surface area contributed by atoms with Crippen LogP contribution < -0.4 is 0 Å². The van der Waals surface area contributed by atoms with E-state index in [1.165, 1.54) is 11.3 Å². The molecule has 0 spiro atoms. The molecular weight excluding hydrogens is 224 g/mol. The standard InChI is InChI=1S/C11H16N2O2S/c1-8(2)13-3-4-15-10(5-13)11-12-9(6-14)7-16-11/h6-8,10H,3-5H2,1-2H3. The van der Waals surface area contributed by atoms with E-state index in [2.05, 4.69) is 23.7 Å². The van der Waals surface area contributed by atoms with Crippen molar-refractivity contribution in [2.75, 3.05) is 19.7 Å². The molecule has 1 unspecified atom stereocenters. The van der Waals surface area contributed by atoms with Gasteiger partial charge in [0, 0.05) is 24.5 Å². The highest BCUT2D eigenvalue weighted by Crippen LogP contribution is 2.25. The number of ether oxygens (including phenoxy) is 1. The molecule has 1 saturated heterocycles. The SMILES string of the molecule is CC(C)N1CCOC(c2nc(C=O)cs2)C1. The van der Waals surface area contributed by atoms with Crippen LogP contribution in [0, 0.1) is 0 Å². The van der Waals surface area contributed by atoms with Crippen LogP contribution >= 0.6 is 11.3 Å². The third-order valence-electron chi connectivity index (χ3n) is 2.76. The smallest absolute Gasteiger partial charge is 0.169 e. The van der Waals surface area contributed by atoms with E-state index < -0.39 is 0 Å². The number of carbonyl (C=O) groups is 1. The molecule has 2 rings (SSSR count). The first-order valence-corrected chi connectivity index (χ1v) is 6.35. The molecule has 0 aliphatic carbocycles. The number of carbonyl (C=O) groups excluding carboxylic acids is 1. The van der Waals surface area contributed by atoms with Gasteiger partial charge in [0.1, 0.15) is 16.8 Å². The fourth-order valence-corrected chi connectivity index (χ4v) is 2.59. The number of hydrogen-bond acceptors (Lipinski definition) is 5. The summed E-state index contributed by atoms with van der Waals surface area (Å²) < 4.78 is 5.69. The summed E-state index contributed by atoms with van der Waals surface area (Å²) in [5.41, 5.74) is 0.505. The van der Waals surface area contributed by atoms with Gasteiger partial charge in [-0.1, -0.05) is 0 Å². The molecule has 0 radical (unpaired) electrons. The van der Waals surface area contributed by atoms with E-state index in [0.29, 0.717) is 11.7 Å². The predicted molar refractivity (Wildman–Crippen MR) is 62.9 cm³/mol. The average molecular weight is 240 g/mol. The normalized spacial score (nSPS) is 22.6. The van der Waals surface area contributed by atoms with Gasteiger partial charge in [-0.2, -0.15) is 0 Å². The van der Waals surface area contributed by atoms with E-state index in [4.69, 9.17) is 4.74 Å². The van der Waals surface area contributed by atoms with Gasteiger partial charge < -0.3 is 4.74 Å². The molecule has 4 nitrogen and oxygen atoms in total. The van der Waals surface area contributed by atoms with Crippen molar-refractivity contribution in [3.05, 3.63) is 16.1 Å². The molecule has 0 N–H and O–H groups in total. The van der Waals surface area contributed by atoms with Gasteiger partial charge >= 0.3 is 0 Å². The van der Waals surface area contributed by atoms with Crippen molar-refractivity contribution in [3.63, 3.8) is 0 Å². The van der Waals surface area contributed by atoms with Gasteiger partial charge in [0.2, 0.25) is 0 Å². The van der Waals surface area contributed by atoms with Crippen molar-refractivity contribution in [1.82, 2.24) is 9.88 Å². The zero-order chi connectivity index (χ0) is 11.5. The van der Waals surface area contributed by atoms with Crippen molar-refractivity contribution in [2.45, 2.75) is 26.0 Å². The first-order valence-electron chi connectivity index (χ1n) is 5.47. The molecule has 2 heterocycles. The lowest BCUT2D eigenvalue weighted by Crippen LogP contribution is -2.42. The summed E-state index contributed by atoms with van der Waals surface area (Å²) in [6, 6.07) is 0.525. The molecule has 1 aliphatic rings. The highest BCUT2D eigenvalue weighted by Gasteiger charge is 2.25. The summed E-state index contributed by atoms with van der Waals surface area (Å²) >= 11 is 1.50. The monoisotopic (exact) mass is 240 g/mol. The molecular formula is C11H16N2O2S. The van der Waals surface area contributed by atoms with Gasteiger partial charge in [-0.25, -0.2) is 4.98 Å². The molecule has 5 heteroatoms. The maximum absolute atomic E-state index is 10.6. The lowest BCUT2D eigenvalue weighted by Gasteiger charge is -2.34. The minimum atomic E-state index is 0.0230. The Kier molecular flexibility index (Phi) is 3.68. The lowest BCUT2D eigenvalue weighted by molar-refractivity contribution is -0.0402. The molecule has 16 heavy (non-hydrogen) atoms. The zero-order valence-corrected chi connectivity index (χ0v) is 10.4. The van der Waals surface area contributed by atoms with Crippen LogP contribution in [-0.2, 0) is 4.74 Å². The number of hydrogen-bond donors (Lipinski definition) is 0. The first-order chi connectivity index (χ1) is 7.70. The lowest BCUT2D eigenvalue weighted by atomic mass is 10.2. The van der Waals surface area contributed by atoms with Crippen LogP contribution in [0.5, 0.6) is 0 Å². The fraction of sp³-hybridized carbons (Fsp3) is 0.636. The van der Waals surface area contributed by atoms with Crippen LogP contribution in [0.15, 0.2) is 5.38 Å². The molecule has 0 saturated carbocycles. The van der Waals surface area contributed by atoms with Crippen molar-refractivity contribution in [2.24, 2.45) is 0 Å². The number of nitrogens with zero attached hydrogens (tertiary/aromatic N) is 2. The quantitative estimate of drug-likeness (QED) is 0.755. The predicted octanol–water partition coefficient (Wildman–Crippen LogP) is 1.74. The van der Waals surface area contributed by atoms with E-state index in [1.54, 1.807) is 5.38 Å².